The molecular weight excluding hydrogens is 378 g/mol. The molecular formula is C22H20ClNO4. The van der Waals surface area contributed by atoms with Crippen molar-refractivity contribution in [2.45, 2.75) is 6.61 Å². The molecule has 0 aliphatic heterocycles. The highest BCUT2D eigenvalue weighted by Crippen LogP contribution is 2.29. The van der Waals surface area contributed by atoms with Gasteiger partial charge >= 0.3 is 0 Å². The smallest absolute Gasteiger partial charge is 0.255 e. The van der Waals surface area contributed by atoms with Gasteiger partial charge in [0.05, 0.1) is 14.2 Å². The van der Waals surface area contributed by atoms with E-state index in [9.17, 15) is 4.79 Å². The summed E-state index contributed by atoms with van der Waals surface area (Å²) in [4.78, 5) is 12.5. The minimum atomic E-state index is -0.254. The number of benzene rings is 3. The number of amides is 1. The normalized spacial score (nSPS) is 10.2. The van der Waals surface area contributed by atoms with Crippen LogP contribution in [0, 0.1) is 0 Å². The van der Waals surface area contributed by atoms with Crippen molar-refractivity contribution in [1.29, 1.82) is 0 Å². The van der Waals surface area contributed by atoms with Crippen molar-refractivity contribution in [3.05, 3.63) is 82.9 Å². The summed E-state index contributed by atoms with van der Waals surface area (Å²) < 4.78 is 16.4. The van der Waals surface area contributed by atoms with Crippen molar-refractivity contribution in [2.75, 3.05) is 19.5 Å². The number of carbonyl (C=O) groups is 1. The lowest BCUT2D eigenvalue weighted by atomic mass is 10.1. The second-order valence-electron chi connectivity index (χ2n) is 5.97. The largest absolute Gasteiger partial charge is 0.497 e. The number of methoxy groups -OCH3 is 2. The van der Waals surface area contributed by atoms with Gasteiger partial charge in [-0.1, -0.05) is 29.8 Å². The second kappa shape index (κ2) is 9.15. The van der Waals surface area contributed by atoms with Gasteiger partial charge in [0.1, 0.15) is 12.4 Å². The van der Waals surface area contributed by atoms with Crippen molar-refractivity contribution in [3.8, 4) is 17.2 Å². The first-order valence-corrected chi connectivity index (χ1v) is 8.97. The van der Waals surface area contributed by atoms with Gasteiger partial charge in [0.25, 0.3) is 5.91 Å². The summed E-state index contributed by atoms with van der Waals surface area (Å²) in [7, 11) is 3.11. The molecule has 144 valence electrons. The van der Waals surface area contributed by atoms with Gasteiger partial charge in [-0.25, -0.2) is 0 Å². The number of hydrogen-bond acceptors (Lipinski definition) is 4. The number of halogens is 1. The molecule has 6 heteroatoms. The molecule has 0 unspecified atom stereocenters. The van der Waals surface area contributed by atoms with Crippen molar-refractivity contribution < 1.29 is 19.0 Å². The molecule has 0 aliphatic rings. The molecule has 0 aromatic heterocycles. The minimum absolute atomic E-state index is 0.254. The monoisotopic (exact) mass is 397 g/mol. The molecule has 1 N–H and O–H groups in total. The van der Waals surface area contributed by atoms with E-state index in [-0.39, 0.29) is 5.91 Å². The predicted octanol–water partition coefficient (Wildman–Crippen LogP) is 5.19. The number of ether oxygens (including phenoxy) is 3. The number of rotatable bonds is 7. The van der Waals surface area contributed by atoms with Crippen LogP contribution in [0.2, 0.25) is 5.02 Å². The van der Waals surface area contributed by atoms with Gasteiger partial charge in [-0.3, -0.25) is 4.79 Å². The Kier molecular flexibility index (Phi) is 6.40. The fourth-order valence-corrected chi connectivity index (χ4v) is 2.70. The van der Waals surface area contributed by atoms with Gasteiger partial charge < -0.3 is 19.5 Å². The lowest BCUT2D eigenvalue weighted by Gasteiger charge is -2.13. The van der Waals surface area contributed by atoms with Crippen LogP contribution in [0.25, 0.3) is 0 Å². The molecule has 0 radical (unpaired) electrons. The third kappa shape index (κ3) is 4.96. The second-order valence-corrected chi connectivity index (χ2v) is 6.40. The van der Waals surface area contributed by atoms with Crippen LogP contribution in [0.15, 0.2) is 66.7 Å². The maximum absolute atomic E-state index is 12.5. The van der Waals surface area contributed by atoms with Crippen molar-refractivity contribution in [2.24, 2.45) is 0 Å². The maximum Gasteiger partial charge on any atom is 0.255 e. The Hall–Kier alpha value is -3.18. The number of hydrogen-bond donors (Lipinski definition) is 1. The van der Waals surface area contributed by atoms with Gasteiger partial charge in [0, 0.05) is 22.3 Å². The van der Waals surface area contributed by atoms with E-state index in [0.29, 0.717) is 40.1 Å². The van der Waals surface area contributed by atoms with Crippen LogP contribution in [-0.4, -0.2) is 20.1 Å². The molecule has 0 fully saturated rings. The van der Waals surface area contributed by atoms with E-state index < -0.39 is 0 Å². The lowest BCUT2D eigenvalue weighted by Crippen LogP contribution is -2.12. The maximum atomic E-state index is 12.5. The first kappa shape index (κ1) is 19.6. The first-order chi connectivity index (χ1) is 13.6. The molecule has 28 heavy (non-hydrogen) atoms. The molecule has 0 atom stereocenters. The molecule has 3 rings (SSSR count). The van der Waals surface area contributed by atoms with Crippen LogP contribution in [0.5, 0.6) is 17.2 Å². The van der Waals surface area contributed by atoms with Crippen molar-refractivity contribution in [1.82, 2.24) is 0 Å². The molecule has 0 saturated heterocycles. The zero-order valence-corrected chi connectivity index (χ0v) is 16.3. The summed E-state index contributed by atoms with van der Waals surface area (Å²) in [6.07, 6.45) is 0. The lowest BCUT2D eigenvalue weighted by molar-refractivity contribution is 0.102. The van der Waals surface area contributed by atoms with Crippen LogP contribution in [-0.2, 0) is 6.61 Å². The van der Waals surface area contributed by atoms with Crippen molar-refractivity contribution >= 4 is 23.2 Å². The van der Waals surface area contributed by atoms with Crippen LogP contribution in [0.3, 0.4) is 0 Å². The Morgan fingerprint density at radius 2 is 1.71 bits per heavy atom. The Balaban J connectivity index is 1.70. The number of anilines is 1. The van der Waals surface area contributed by atoms with E-state index in [1.54, 1.807) is 37.4 Å². The Morgan fingerprint density at radius 3 is 2.43 bits per heavy atom. The van der Waals surface area contributed by atoms with E-state index in [2.05, 4.69) is 5.32 Å². The molecule has 0 bridgehead atoms. The summed E-state index contributed by atoms with van der Waals surface area (Å²) in [5, 5.41) is 3.51. The summed E-state index contributed by atoms with van der Waals surface area (Å²) in [6.45, 7) is 0.364. The average Bonchev–Trinajstić information content (AvgIpc) is 2.73. The van der Waals surface area contributed by atoms with E-state index in [0.717, 1.165) is 5.56 Å². The van der Waals surface area contributed by atoms with Crippen LogP contribution in [0.1, 0.15) is 15.9 Å². The molecule has 3 aromatic rings. The van der Waals surface area contributed by atoms with E-state index in [4.69, 9.17) is 25.8 Å². The van der Waals surface area contributed by atoms with E-state index in [1.165, 1.54) is 7.11 Å². The highest BCUT2D eigenvalue weighted by atomic mass is 35.5. The Labute approximate surface area is 168 Å². The van der Waals surface area contributed by atoms with Crippen LogP contribution in [0.4, 0.5) is 5.69 Å². The minimum Gasteiger partial charge on any atom is -0.497 e. The van der Waals surface area contributed by atoms with E-state index in [1.807, 2.05) is 36.4 Å². The standard InChI is InChI=1S/C22H20ClNO4/c1-26-19-5-3-4-18(13-19)24-22(25)16-8-11-20(21(12-16)27-2)28-14-15-6-9-17(23)10-7-15/h3-13H,14H2,1-2H3,(H,24,25). The molecule has 0 spiro atoms. The summed E-state index contributed by atoms with van der Waals surface area (Å²) in [5.74, 6) is 1.44. The molecule has 0 heterocycles. The Morgan fingerprint density at radius 1 is 0.929 bits per heavy atom. The summed E-state index contributed by atoms with van der Waals surface area (Å²) in [6, 6.07) is 19.6. The fraction of sp³-hybridized carbons (Fsp3) is 0.136. The Bertz CT molecular complexity index is 957. The first-order valence-electron chi connectivity index (χ1n) is 8.59. The average molecular weight is 398 g/mol. The molecule has 0 aliphatic carbocycles. The van der Waals surface area contributed by atoms with Crippen LogP contribution >= 0.6 is 11.6 Å². The molecule has 5 nitrogen and oxygen atoms in total. The number of carbonyl (C=O) groups excluding carboxylic acids is 1. The summed E-state index contributed by atoms with van der Waals surface area (Å²) >= 11 is 5.89. The van der Waals surface area contributed by atoms with Gasteiger partial charge in [0.2, 0.25) is 0 Å². The predicted molar refractivity (Wildman–Crippen MR) is 110 cm³/mol. The zero-order chi connectivity index (χ0) is 19.9. The fourth-order valence-electron chi connectivity index (χ4n) is 2.57. The third-order valence-corrected chi connectivity index (χ3v) is 4.31. The molecule has 3 aromatic carbocycles. The van der Waals surface area contributed by atoms with E-state index >= 15 is 0 Å². The zero-order valence-electron chi connectivity index (χ0n) is 15.6. The van der Waals surface area contributed by atoms with Gasteiger partial charge in [-0.2, -0.15) is 0 Å². The van der Waals surface area contributed by atoms with Gasteiger partial charge in [-0.05, 0) is 48.0 Å². The SMILES string of the molecule is COc1cccc(NC(=O)c2ccc(OCc3ccc(Cl)cc3)c(OC)c2)c1. The highest BCUT2D eigenvalue weighted by molar-refractivity contribution is 6.30. The summed E-state index contributed by atoms with van der Waals surface area (Å²) in [5.41, 5.74) is 2.08. The topological polar surface area (TPSA) is 56.8 Å². The van der Waals surface area contributed by atoms with Gasteiger partial charge in [0.15, 0.2) is 11.5 Å². The quantitative estimate of drug-likeness (QED) is 0.596. The highest BCUT2D eigenvalue weighted by Gasteiger charge is 2.12. The molecule has 0 saturated carbocycles. The van der Waals surface area contributed by atoms with Crippen molar-refractivity contribution in [3.63, 3.8) is 0 Å². The van der Waals surface area contributed by atoms with Crippen LogP contribution < -0.4 is 19.5 Å². The third-order valence-electron chi connectivity index (χ3n) is 4.06. The molecule has 1 amide bonds. The number of nitrogens with one attached hydrogen (secondary N) is 1. The van der Waals surface area contributed by atoms with Gasteiger partial charge in [-0.15, -0.1) is 0 Å².